The molecule has 2 aliphatic carbocycles. The lowest BCUT2D eigenvalue weighted by Crippen LogP contribution is -2.21. The first-order chi connectivity index (χ1) is 20.4. The molecule has 1 N–H and O–H groups in total. The Morgan fingerprint density at radius 3 is 1.30 bits per heavy atom. The van der Waals surface area contributed by atoms with Crippen molar-refractivity contribution in [3.8, 4) is 0 Å². The van der Waals surface area contributed by atoms with Crippen LogP contribution in [0.4, 0.5) is 0 Å². The van der Waals surface area contributed by atoms with E-state index in [1.165, 1.54) is 31.2 Å². The summed E-state index contributed by atoms with van der Waals surface area (Å²) in [4.78, 5) is 96.2. The molecule has 4 aromatic rings. The molecule has 0 aliphatic heterocycles. The Balaban J connectivity index is 0.000000171. The zero-order chi connectivity index (χ0) is 31.3. The molecule has 2 aromatic heterocycles. The summed E-state index contributed by atoms with van der Waals surface area (Å²) < 4.78 is 14.9. The molecular weight excluding hydrogens is 564 g/mol. The molecule has 12 heteroatoms. The number of carboxylic acids is 1. The maximum Gasteiger partial charge on any atom is 0.342 e. The minimum absolute atomic E-state index is 0.105. The number of hydrogen-bond acceptors (Lipinski definition) is 11. The number of hydrogen-bond donors (Lipinski definition) is 1. The number of ketones is 6. The third-order valence-corrected chi connectivity index (χ3v) is 6.76. The lowest BCUT2D eigenvalue weighted by molar-refractivity contribution is 0.0591. The topological polar surface area (TPSA) is 192 Å². The second-order valence-corrected chi connectivity index (χ2v) is 9.34. The SMILES string of the molecule is CC(=O)c1oc2c(c1C(=O)O)C(=O)c1ccccc1C2=O.COC(=O)c1c(C(C)=O)oc2c1C(=O)c1ccccc1C2=O. The van der Waals surface area contributed by atoms with Crippen LogP contribution in [0.5, 0.6) is 0 Å². The van der Waals surface area contributed by atoms with Gasteiger partial charge in [0.1, 0.15) is 11.1 Å². The van der Waals surface area contributed by atoms with Crippen molar-refractivity contribution in [2.75, 3.05) is 7.11 Å². The number of ether oxygens (including phenoxy) is 1. The van der Waals surface area contributed by atoms with Gasteiger partial charge in [0.15, 0.2) is 46.2 Å². The first-order valence-electron chi connectivity index (χ1n) is 12.4. The number of esters is 1. The molecule has 2 heterocycles. The van der Waals surface area contributed by atoms with E-state index in [4.69, 9.17) is 8.83 Å². The minimum Gasteiger partial charge on any atom is -0.478 e. The predicted octanol–water partition coefficient (Wildman–Crippen LogP) is 4.00. The summed E-state index contributed by atoms with van der Waals surface area (Å²) in [5.41, 5.74) is -0.814. The maximum absolute atomic E-state index is 12.6. The molecule has 214 valence electrons. The van der Waals surface area contributed by atoms with E-state index < -0.39 is 58.0 Å². The van der Waals surface area contributed by atoms with Crippen molar-refractivity contribution in [3.63, 3.8) is 0 Å². The van der Waals surface area contributed by atoms with Crippen molar-refractivity contribution >= 4 is 46.6 Å². The molecule has 0 bridgehead atoms. The molecule has 2 aliphatic rings. The lowest BCUT2D eigenvalue weighted by atomic mass is 9.86. The average Bonchev–Trinajstić information content (AvgIpc) is 3.60. The zero-order valence-corrected chi connectivity index (χ0v) is 22.6. The normalized spacial score (nSPS) is 12.7. The number of carbonyl (C=O) groups excluding carboxylic acids is 7. The number of benzene rings is 2. The van der Waals surface area contributed by atoms with Crippen LogP contribution in [0.15, 0.2) is 57.4 Å². The summed E-state index contributed by atoms with van der Waals surface area (Å²) in [5, 5.41) is 9.24. The summed E-state index contributed by atoms with van der Waals surface area (Å²) >= 11 is 0. The van der Waals surface area contributed by atoms with Gasteiger partial charge in [-0.2, -0.15) is 0 Å². The average molecular weight is 582 g/mol. The van der Waals surface area contributed by atoms with Crippen LogP contribution < -0.4 is 0 Å². The van der Waals surface area contributed by atoms with Crippen molar-refractivity contribution in [2.45, 2.75) is 13.8 Å². The van der Waals surface area contributed by atoms with Crippen molar-refractivity contribution < 1.29 is 57.0 Å². The van der Waals surface area contributed by atoms with Crippen molar-refractivity contribution in [1.82, 2.24) is 0 Å². The Hall–Kier alpha value is -6.04. The number of rotatable bonds is 4. The largest absolute Gasteiger partial charge is 0.478 e. The summed E-state index contributed by atoms with van der Waals surface area (Å²) in [6.45, 7) is 2.29. The van der Waals surface area contributed by atoms with E-state index in [9.17, 15) is 43.5 Å². The second-order valence-electron chi connectivity index (χ2n) is 9.34. The van der Waals surface area contributed by atoms with E-state index in [1.807, 2.05) is 0 Å². The minimum atomic E-state index is -1.48. The molecule has 43 heavy (non-hydrogen) atoms. The van der Waals surface area contributed by atoms with E-state index in [0.717, 1.165) is 14.0 Å². The first kappa shape index (κ1) is 28.5. The van der Waals surface area contributed by atoms with E-state index in [0.29, 0.717) is 0 Å². The molecule has 2 aromatic carbocycles. The van der Waals surface area contributed by atoms with E-state index in [2.05, 4.69) is 4.74 Å². The molecule has 0 amide bonds. The monoisotopic (exact) mass is 582 g/mol. The first-order valence-corrected chi connectivity index (χ1v) is 12.4. The molecular formula is C31H18O12. The van der Waals surface area contributed by atoms with Crippen LogP contribution in [0, 0.1) is 0 Å². The van der Waals surface area contributed by atoms with Gasteiger partial charge in [0, 0.05) is 36.1 Å². The highest BCUT2D eigenvalue weighted by Crippen LogP contribution is 2.35. The van der Waals surface area contributed by atoms with Gasteiger partial charge in [-0.05, 0) is 0 Å². The van der Waals surface area contributed by atoms with Crippen LogP contribution in [0.1, 0.15) is 120 Å². The summed E-state index contributed by atoms with van der Waals surface area (Å²) in [6, 6.07) is 12.2. The molecule has 0 saturated heterocycles. The maximum atomic E-state index is 12.6. The highest BCUT2D eigenvalue weighted by atomic mass is 16.5. The van der Waals surface area contributed by atoms with Gasteiger partial charge in [0.2, 0.25) is 11.6 Å². The van der Waals surface area contributed by atoms with Gasteiger partial charge in [-0.3, -0.25) is 28.8 Å². The number of aromatic carboxylic acids is 1. The van der Waals surface area contributed by atoms with E-state index in [-0.39, 0.29) is 56.2 Å². The Labute approximate surface area is 240 Å². The third-order valence-electron chi connectivity index (χ3n) is 6.76. The number of carboxylic acid groups (broad SMARTS) is 1. The van der Waals surface area contributed by atoms with Gasteiger partial charge in [-0.1, -0.05) is 48.5 Å². The molecule has 0 saturated carbocycles. The molecule has 0 atom stereocenters. The fourth-order valence-electron chi connectivity index (χ4n) is 4.88. The Bertz CT molecular complexity index is 1980. The standard InChI is InChI=1S/C16H10O6.C15H8O6/c1-7(17)14-11(16(20)21-2)10-12(18)8-5-3-4-6-9(8)13(19)15(10)22-14;1-6(16)13-10(15(19)20)9-11(17)7-4-2-3-5-8(7)12(18)14(9)21-13/h3-6H,1-2H3;2-5H,1H3,(H,19,20). The molecule has 0 spiro atoms. The molecule has 6 rings (SSSR count). The number of Topliss-reactive ketones (excluding diaryl/α,β-unsaturated/α-hetero) is 2. The van der Waals surface area contributed by atoms with Crippen molar-refractivity contribution in [2.24, 2.45) is 0 Å². The van der Waals surface area contributed by atoms with Gasteiger partial charge in [-0.15, -0.1) is 0 Å². The van der Waals surface area contributed by atoms with Crippen LogP contribution in [-0.2, 0) is 4.74 Å². The third kappa shape index (κ3) is 4.32. The van der Waals surface area contributed by atoms with Crippen LogP contribution in [0.3, 0.4) is 0 Å². The van der Waals surface area contributed by atoms with Crippen LogP contribution in [0.2, 0.25) is 0 Å². The quantitative estimate of drug-likeness (QED) is 0.232. The molecule has 0 unspecified atom stereocenters. The molecule has 0 fully saturated rings. The Kier molecular flexibility index (Phi) is 6.90. The smallest absolute Gasteiger partial charge is 0.342 e. The number of furan rings is 2. The highest BCUT2D eigenvalue weighted by molar-refractivity contribution is 6.32. The van der Waals surface area contributed by atoms with E-state index >= 15 is 0 Å². The van der Waals surface area contributed by atoms with Gasteiger partial charge < -0.3 is 18.7 Å². The summed E-state index contributed by atoms with van der Waals surface area (Å²) in [7, 11) is 1.12. The van der Waals surface area contributed by atoms with Gasteiger partial charge in [-0.25, -0.2) is 9.59 Å². The van der Waals surface area contributed by atoms with Crippen LogP contribution in [0.25, 0.3) is 0 Å². The summed E-state index contributed by atoms with van der Waals surface area (Å²) in [6.07, 6.45) is 0. The van der Waals surface area contributed by atoms with E-state index in [1.54, 1.807) is 24.3 Å². The Morgan fingerprint density at radius 1 is 0.605 bits per heavy atom. The fourth-order valence-corrected chi connectivity index (χ4v) is 4.88. The molecule has 0 radical (unpaired) electrons. The van der Waals surface area contributed by atoms with Gasteiger partial charge >= 0.3 is 11.9 Å². The summed E-state index contributed by atoms with van der Waals surface area (Å²) in [5.74, 6) is -7.43. The van der Waals surface area contributed by atoms with Gasteiger partial charge in [0.05, 0.1) is 18.2 Å². The number of carbonyl (C=O) groups is 8. The van der Waals surface area contributed by atoms with Crippen LogP contribution >= 0.6 is 0 Å². The van der Waals surface area contributed by atoms with Crippen molar-refractivity contribution in [3.05, 3.63) is 116 Å². The van der Waals surface area contributed by atoms with Crippen LogP contribution in [-0.4, -0.2) is 58.9 Å². The zero-order valence-electron chi connectivity index (χ0n) is 22.6. The molecule has 12 nitrogen and oxygen atoms in total. The number of methoxy groups -OCH3 is 1. The highest BCUT2D eigenvalue weighted by Gasteiger charge is 2.41. The number of fused-ring (bicyclic) bond motifs is 4. The van der Waals surface area contributed by atoms with Gasteiger partial charge in [0.25, 0.3) is 0 Å². The lowest BCUT2D eigenvalue weighted by Gasteiger charge is -2.13. The second kappa shape index (κ2) is 10.4. The van der Waals surface area contributed by atoms with Crippen molar-refractivity contribution in [1.29, 1.82) is 0 Å². The fraction of sp³-hybridized carbons (Fsp3) is 0.0968. The predicted molar refractivity (Wildman–Crippen MR) is 142 cm³/mol. The Morgan fingerprint density at radius 2 is 0.953 bits per heavy atom.